The van der Waals surface area contributed by atoms with Gasteiger partial charge in [0.05, 0.1) is 10.7 Å². The number of benzene rings is 2. The van der Waals surface area contributed by atoms with Crippen LogP contribution < -0.4 is 10.6 Å². The molecule has 2 aromatic rings. The van der Waals surface area contributed by atoms with Gasteiger partial charge in [-0.1, -0.05) is 41.9 Å². The van der Waals surface area contributed by atoms with Crippen LogP contribution in [0.25, 0.3) is 11.1 Å². The summed E-state index contributed by atoms with van der Waals surface area (Å²) in [5.74, 6) is -6.05. The van der Waals surface area contributed by atoms with E-state index in [1.165, 1.54) is 6.07 Å². The van der Waals surface area contributed by atoms with Gasteiger partial charge in [0.15, 0.2) is 0 Å². The van der Waals surface area contributed by atoms with E-state index in [2.05, 4.69) is 10.6 Å². The molecule has 0 aliphatic rings. The molecule has 2 rings (SSSR count). The molecule has 0 heterocycles. The standard InChI is InChI=1S/C16H11ClN2O6/c17-12-10(8-4-2-1-3-5-8)6-9(18-13(20)15(22)23)7-11(12)19-14(21)16(24)25/h1-7H,(H,18,20)(H,19,21)(H,22,23)(H,24,25). The average molecular weight is 363 g/mol. The zero-order valence-corrected chi connectivity index (χ0v) is 13.2. The van der Waals surface area contributed by atoms with E-state index >= 15 is 0 Å². The van der Waals surface area contributed by atoms with Gasteiger partial charge >= 0.3 is 23.8 Å². The summed E-state index contributed by atoms with van der Waals surface area (Å²) in [5.41, 5.74) is 0.920. The zero-order valence-electron chi connectivity index (χ0n) is 12.4. The fourth-order valence-corrected chi connectivity index (χ4v) is 2.24. The van der Waals surface area contributed by atoms with Gasteiger partial charge in [-0.05, 0) is 17.7 Å². The van der Waals surface area contributed by atoms with E-state index in [0.717, 1.165) is 6.07 Å². The van der Waals surface area contributed by atoms with Crippen molar-refractivity contribution in [3.8, 4) is 11.1 Å². The van der Waals surface area contributed by atoms with Crippen molar-refractivity contribution < 1.29 is 29.4 Å². The van der Waals surface area contributed by atoms with E-state index < -0.39 is 23.8 Å². The molecule has 0 saturated carbocycles. The number of halogens is 1. The molecule has 0 aromatic heterocycles. The van der Waals surface area contributed by atoms with E-state index in [9.17, 15) is 19.2 Å². The minimum atomic E-state index is -1.72. The van der Waals surface area contributed by atoms with E-state index in [-0.39, 0.29) is 16.4 Å². The number of anilines is 2. The Bertz CT molecular complexity index is 866. The summed E-state index contributed by atoms with van der Waals surface area (Å²) in [4.78, 5) is 44.2. The molecule has 0 atom stereocenters. The molecule has 0 aliphatic carbocycles. The van der Waals surface area contributed by atoms with Crippen LogP contribution in [0.2, 0.25) is 5.02 Å². The van der Waals surface area contributed by atoms with Crippen LogP contribution in [-0.4, -0.2) is 34.0 Å². The minimum Gasteiger partial charge on any atom is -0.474 e. The summed E-state index contributed by atoms with van der Waals surface area (Å²) < 4.78 is 0. The lowest BCUT2D eigenvalue weighted by Gasteiger charge is -2.14. The number of amides is 2. The Labute approximate surface area is 146 Å². The van der Waals surface area contributed by atoms with Gasteiger partial charge in [0, 0.05) is 11.3 Å². The number of carboxylic acids is 2. The maximum absolute atomic E-state index is 11.4. The lowest BCUT2D eigenvalue weighted by Crippen LogP contribution is -2.23. The molecule has 0 saturated heterocycles. The van der Waals surface area contributed by atoms with Gasteiger partial charge in [-0.3, -0.25) is 9.59 Å². The first-order chi connectivity index (χ1) is 11.8. The van der Waals surface area contributed by atoms with Crippen LogP contribution in [0.3, 0.4) is 0 Å². The van der Waals surface area contributed by atoms with Gasteiger partial charge in [0.1, 0.15) is 0 Å². The molecule has 25 heavy (non-hydrogen) atoms. The third-order valence-corrected chi connectivity index (χ3v) is 3.46. The summed E-state index contributed by atoms with van der Waals surface area (Å²) in [6, 6.07) is 11.2. The van der Waals surface area contributed by atoms with Crippen molar-refractivity contribution in [2.24, 2.45) is 0 Å². The van der Waals surface area contributed by atoms with Crippen LogP contribution >= 0.6 is 11.6 Å². The summed E-state index contributed by atoms with van der Waals surface area (Å²) in [5, 5.41) is 21.6. The van der Waals surface area contributed by atoms with Gasteiger partial charge in [0.2, 0.25) is 0 Å². The maximum Gasteiger partial charge on any atom is 0.394 e. The fourth-order valence-electron chi connectivity index (χ4n) is 1.98. The van der Waals surface area contributed by atoms with E-state index in [4.69, 9.17) is 21.8 Å². The molecule has 0 radical (unpaired) electrons. The quantitative estimate of drug-likeness (QED) is 0.618. The van der Waals surface area contributed by atoms with Crippen molar-refractivity contribution in [1.29, 1.82) is 0 Å². The number of carboxylic acid groups (broad SMARTS) is 2. The second-order valence-electron chi connectivity index (χ2n) is 4.77. The molecule has 4 N–H and O–H groups in total. The molecule has 0 spiro atoms. The monoisotopic (exact) mass is 362 g/mol. The van der Waals surface area contributed by atoms with Gasteiger partial charge in [-0.2, -0.15) is 0 Å². The molecule has 0 bridgehead atoms. The van der Waals surface area contributed by atoms with Gasteiger partial charge < -0.3 is 20.8 Å². The average Bonchev–Trinajstić information content (AvgIpc) is 2.58. The topological polar surface area (TPSA) is 133 Å². The predicted molar refractivity (Wildman–Crippen MR) is 89.4 cm³/mol. The van der Waals surface area contributed by atoms with Crippen LogP contribution in [0.5, 0.6) is 0 Å². The van der Waals surface area contributed by atoms with Crippen LogP contribution in [0.1, 0.15) is 0 Å². The highest BCUT2D eigenvalue weighted by Gasteiger charge is 2.19. The first-order valence-corrected chi connectivity index (χ1v) is 7.15. The molecule has 2 aromatic carbocycles. The Kier molecular flexibility index (Phi) is 5.35. The molecule has 0 aliphatic heterocycles. The number of aliphatic carboxylic acids is 2. The Balaban J connectivity index is 2.54. The molecule has 128 valence electrons. The Morgan fingerprint density at radius 3 is 1.96 bits per heavy atom. The molecule has 8 nitrogen and oxygen atoms in total. The lowest BCUT2D eigenvalue weighted by atomic mass is 10.0. The molecule has 2 amide bonds. The number of hydrogen-bond donors (Lipinski definition) is 4. The molecule has 0 fully saturated rings. The summed E-state index contributed by atoms with van der Waals surface area (Å²) >= 11 is 6.23. The summed E-state index contributed by atoms with van der Waals surface area (Å²) in [6.07, 6.45) is 0. The third-order valence-electron chi connectivity index (χ3n) is 3.05. The van der Waals surface area contributed by atoms with Crippen molar-refractivity contribution in [1.82, 2.24) is 0 Å². The largest absolute Gasteiger partial charge is 0.474 e. The SMILES string of the molecule is O=C(O)C(=O)Nc1cc(NC(=O)C(=O)O)c(Cl)c(-c2ccccc2)c1. The Morgan fingerprint density at radius 2 is 1.40 bits per heavy atom. The van der Waals surface area contributed by atoms with Gasteiger partial charge in [0.25, 0.3) is 0 Å². The molecular formula is C16H11ClN2O6. The third kappa shape index (κ3) is 4.33. The highest BCUT2D eigenvalue weighted by molar-refractivity contribution is 6.41. The predicted octanol–water partition coefficient (Wildman–Crippen LogP) is 2.05. The van der Waals surface area contributed by atoms with Crippen molar-refractivity contribution >= 4 is 46.7 Å². The van der Waals surface area contributed by atoms with Crippen LogP contribution in [0, 0.1) is 0 Å². The highest BCUT2D eigenvalue weighted by atomic mass is 35.5. The Morgan fingerprint density at radius 1 is 0.840 bits per heavy atom. The number of carbonyl (C=O) groups is 4. The smallest absolute Gasteiger partial charge is 0.394 e. The zero-order chi connectivity index (χ0) is 18.6. The lowest BCUT2D eigenvalue weighted by molar-refractivity contribution is -0.147. The van der Waals surface area contributed by atoms with E-state index in [0.29, 0.717) is 11.1 Å². The van der Waals surface area contributed by atoms with Gasteiger partial charge in [-0.15, -0.1) is 0 Å². The van der Waals surface area contributed by atoms with Crippen molar-refractivity contribution in [2.45, 2.75) is 0 Å². The summed E-state index contributed by atoms with van der Waals surface area (Å²) in [7, 11) is 0. The van der Waals surface area contributed by atoms with Crippen LogP contribution in [-0.2, 0) is 19.2 Å². The van der Waals surface area contributed by atoms with Crippen LogP contribution in [0.15, 0.2) is 42.5 Å². The Hall–Kier alpha value is -3.39. The maximum atomic E-state index is 11.4. The molecular weight excluding hydrogens is 352 g/mol. The second-order valence-corrected chi connectivity index (χ2v) is 5.15. The van der Waals surface area contributed by atoms with E-state index in [1.54, 1.807) is 30.3 Å². The van der Waals surface area contributed by atoms with Gasteiger partial charge in [-0.25, -0.2) is 9.59 Å². The first kappa shape index (κ1) is 18.0. The van der Waals surface area contributed by atoms with Crippen molar-refractivity contribution in [3.05, 3.63) is 47.5 Å². The van der Waals surface area contributed by atoms with E-state index in [1.807, 2.05) is 0 Å². The second kappa shape index (κ2) is 7.45. The summed E-state index contributed by atoms with van der Waals surface area (Å²) in [6.45, 7) is 0. The normalized spacial score (nSPS) is 9.96. The number of nitrogens with one attached hydrogen (secondary N) is 2. The highest BCUT2D eigenvalue weighted by Crippen LogP contribution is 2.37. The number of carbonyl (C=O) groups excluding carboxylic acids is 2. The van der Waals surface area contributed by atoms with Crippen LogP contribution in [0.4, 0.5) is 11.4 Å². The minimum absolute atomic E-state index is 0.0244. The fraction of sp³-hybridized carbons (Fsp3) is 0. The number of hydrogen-bond acceptors (Lipinski definition) is 4. The van der Waals surface area contributed by atoms with Crippen molar-refractivity contribution in [2.75, 3.05) is 10.6 Å². The first-order valence-electron chi connectivity index (χ1n) is 6.77. The molecule has 0 unspecified atom stereocenters. The molecule has 9 heteroatoms. The van der Waals surface area contributed by atoms with Crippen molar-refractivity contribution in [3.63, 3.8) is 0 Å². The number of rotatable bonds is 3.